The fourth-order valence-corrected chi connectivity index (χ4v) is 1.29. The molecule has 7 heteroatoms. The number of nitriles is 1. The molecule has 0 unspecified atom stereocenters. The summed E-state index contributed by atoms with van der Waals surface area (Å²) >= 11 is 0. The summed E-state index contributed by atoms with van der Waals surface area (Å²) in [6.07, 6.45) is 5.56. The van der Waals surface area contributed by atoms with Crippen LogP contribution in [-0.2, 0) is 19.1 Å². The number of ether oxygens (including phenoxy) is 2. The van der Waals surface area contributed by atoms with E-state index in [-0.39, 0.29) is 18.4 Å². The highest BCUT2D eigenvalue weighted by Crippen LogP contribution is 1.98. The Morgan fingerprint density at radius 2 is 2.10 bits per heavy atom. The quantitative estimate of drug-likeness (QED) is 0.150. The number of hydrazone groups is 1. The second kappa shape index (κ2) is 12.0. The number of hydrogen-bond donors (Lipinski definition) is 0. The normalized spacial score (nSPS) is 10.1. The van der Waals surface area contributed by atoms with Gasteiger partial charge in [-0.05, 0) is 26.2 Å². The molecule has 0 bridgehead atoms. The van der Waals surface area contributed by atoms with Crippen LogP contribution in [0.25, 0.3) is 0 Å². The van der Waals surface area contributed by atoms with Crippen LogP contribution in [0.5, 0.6) is 0 Å². The van der Waals surface area contributed by atoms with Crippen LogP contribution >= 0.6 is 0 Å². The number of carbonyl (C=O) groups is 2. The second-order valence-electron chi connectivity index (χ2n) is 3.91. The number of rotatable bonds is 10. The minimum atomic E-state index is -0.306. The highest BCUT2D eigenvalue weighted by Gasteiger charge is 2.04. The number of carbonyl (C=O) groups excluding carboxylic acids is 2. The van der Waals surface area contributed by atoms with E-state index in [1.165, 1.54) is 11.9 Å². The van der Waals surface area contributed by atoms with Gasteiger partial charge in [-0.25, -0.2) is 5.01 Å². The van der Waals surface area contributed by atoms with Gasteiger partial charge in [-0.2, -0.15) is 10.4 Å². The van der Waals surface area contributed by atoms with E-state index in [0.717, 1.165) is 0 Å². The summed E-state index contributed by atoms with van der Waals surface area (Å²) in [5.41, 5.74) is 0. The number of esters is 2. The minimum absolute atomic E-state index is 0.268. The van der Waals surface area contributed by atoms with Crippen molar-refractivity contribution in [2.75, 3.05) is 19.8 Å². The van der Waals surface area contributed by atoms with Crippen molar-refractivity contribution in [3.63, 3.8) is 0 Å². The fourth-order valence-electron chi connectivity index (χ4n) is 1.29. The molecule has 0 aromatic heterocycles. The van der Waals surface area contributed by atoms with E-state index in [2.05, 4.69) is 5.10 Å². The molecule has 0 aromatic rings. The molecular formula is C13H21N3O4. The number of hydrogen-bond acceptors (Lipinski definition) is 7. The molecule has 0 amide bonds. The molecule has 20 heavy (non-hydrogen) atoms. The van der Waals surface area contributed by atoms with E-state index < -0.39 is 0 Å². The third kappa shape index (κ3) is 11.0. The molecule has 0 saturated carbocycles. The summed E-state index contributed by atoms with van der Waals surface area (Å²) in [6.45, 7) is 4.18. The first-order valence-electron chi connectivity index (χ1n) is 6.58. The smallest absolute Gasteiger partial charge is 0.305 e. The molecule has 0 heterocycles. The summed E-state index contributed by atoms with van der Waals surface area (Å²) < 4.78 is 9.54. The molecule has 0 fully saturated rings. The third-order valence-corrected chi connectivity index (χ3v) is 2.18. The number of unbranched alkanes of at least 4 members (excludes halogenated alkanes) is 1. The largest absolute Gasteiger partial charge is 0.466 e. The van der Waals surface area contributed by atoms with E-state index in [9.17, 15) is 9.59 Å². The Hall–Kier alpha value is -2.10. The lowest BCUT2D eigenvalue weighted by atomic mass is 10.3. The fraction of sp³-hybridized carbons (Fsp3) is 0.692. The lowest BCUT2D eigenvalue weighted by Gasteiger charge is -2.08. The van der Waals surface area contributed by atoms with Crippen molar-refractivity contribution < 1.29 is 19.1 Å². The van der Waals surface area contributed by atoms with Gasteiger partial charge in [0.05, 0.1) is 19.8 Å². The van der Waals surface area contributed by atoms with Crippen molar-refractivity contribution in [2.45, 2.75) is 39.5 Å². The molecular weight excluding hydrogens is 262 g/mol. The second-order valence-corrected chi connectivity index (χ2v) is 3.91. The topological polar surface area (TPSA) is 92.0 Å². The van der Waals surface area contributed by atoms with Gasteiger partial charge in [0.1, 0.15) is 0 Å². The molecule has 0 aliphatic heterocycles. The van der Waals surface area contributed by atoms with E-state index >= 15 is 0 Å². The van der Waals surface area contributed by atoms with Crippen molar-refractivity contribution in [3.05, 3.63) is 0 Å². The maximum absolute atomic E-state index is 11.1. The molecule has 0 saturated heterocycles. The Morgan fingerprint density at radius 3 is 2.70 bits per heavy atom. The lowest BCUT2D eigenvalue weighted by Crippen LogP contribution is -2.14. The molecule has 0 N–H and O–H groups in total. The van der Waals surface area contributed by atoms with Crippen molar-refractivity contribution >= 4 is 18.2 Å². The van der Waals surface area contributed by atoms with Crippen LogP contribution in [0, 0.1) is 11.5 Å². The Morgan fingerprint density at radius 1 is 1.35 bits per heavy atom. The zero-order valence-corrected chi connectivity index (χ0v) is 12.0. The first-order chi connectivity index (χ1) is 9.60. The Kier molecular flexibility index (Phi) is 10.7. The molecule has 0 radical (unpaired) electrons. The van der Waals surface area contributed by atoms with Gasteiger partial charge in [0, 0.05) is 19.6 Å². The predicted molar refractivity (Wildman–Crippen MR) is 72.5 cm³/mol. The Labute approximate surface area is 119 Å². The SMILES string of the molecule is CCOC(=O)CCCN(C#N)/N=C/CCCOC(C)=O. The van der Waals surface area contributed by atoms with Crippen molar-refractivity contribution in [1.82, 2.24) is 5.01 Å². The van der Waals surface area contributed by atoms with Crippen LogP contribution in [0.2, 0.25) is 0 Å². The monoisotopic (exact) mass is 283 g/mol. The lowest BCUT2D eigenvalue weighted by molar-refractivity contribution is -0.143. The highest BCUT2D eigenvalue weighted by molar-refractivity contribution is 5.69. The van der Waals surface area contributed by atoms with Crippen LogP contribution in [0.15, 0.2) is 5.10 Å². The Balaban J connectivity index is 3.73. The summed E-state index contributed by atoms with van der Waals surface area (Å²) in [7, 11) is 0. The predicted octanol–water partition coefficient (Wildman–Crippen LogP) is 1.44. The summed E-state index contributed by atoms with van der Waals surface area (Å²) in [6, 6.07) is 0. The maximum atomic E-state index is 11.1. The van der Waals surface area contributed by atoms with Crippen LogP contribution in [0.1, 0.15) is 39.5 Å². The minimum Gasteiger partial charge on any atom is -0.466 e. The molecule has 0 aromatic carbocycles. The van der Waals surface area contributed by atoms with Gasteiger partial charge in [-0.3, -0.25) is 9.59 Å². The summed E-state index contributed by atoms with van der Waals surface area (Å²) in [4.78, 5) is 21.6. The van der Waals surface area contributed by atoms with Gasteiger partial charge in [0.2, 0.25) is 6.19 Å². The van der Waals surface area contributed by atoms with E-state index in [1.807, 2.05) is 6.19 Å². The van der Waals surface area contributed by atoms with Gasteiger partial charge in [-0.1, -0.05) is 0 Å². The molecule has 112 valence electrons. The standard InChI is InChI=1S/C13H21N3O4/c1-3-19-13(18)7-6-9-16(11-14)15-8-4-5-10-20-12(2)17/h8H,3-7,9-10H2,1-2H3/b15-8+. The van der Waals surface area contributed by atoms with Gasteiger partial charge in [-0.15, -0.1) is 0 Å². The van der Waals surface area contributed by atoms with Crippen LogP contribution in [0.3, 0.4) is 0 Å². The number of nitrogens with zero attached hydrogens (tertiary/aromatic N) is 3. The van der Waals surface area contributed by atoms with E-state index in [4.69, 9.17) is 14.7 Å². The maximum Gasteiger partial charge on any atom is 0.305 e. The summed E-state index contributed by atoms with van der Waals surface area (Å²) in [5.74, 6) is -0.574. The molecule has 0 aliphatic carbocycles. The van der Waals surface area contributed by atoms with Crippen molar-refractivity contribution in [1.29, 1.82) is 5.26 Å². The molecule has 7 nitrogen and oxygen atoms in total. The van der Waals surface area contributed by atoms with Crippen molar-refractivity contribution in [2.24, 2.45) is 5.10 Å². The zero-order valence-electron chi connectivity index (χ0n) is 12.0. The van der Waals surface area contributed by atoms with E-state index in [1.54, 1.807) is 13.1 Å². The highest BCUT2D eigenvalue weighted by atomic mass is 16.5. The van der Waals surface area contributed by atoms with Gasteiger partial charge in [0.15, 0.2) is 0 Å². The third-order valence-electron chi connectivity index (χ3n) is 2.18. The molecule has 0 spiro atoms. The first kappa shape index (κ1) is 17.9. The van der Waals surface area contributed by atoms with E-state index in [0.29, 0.717) is 39.0 Å². The summed E-state index contributed by atoms with van der Waals surface area (Å²) in [5, 5.41) is 14.0. The Bertz CT molecular complexity index is 363. The van der Waals surface area contributed by atoms with Crippen LogP contribution in [-0.4, -0.2) is 42.9 Å². The van der Waals surface area contributed by atoms with Gasteiger partial charge >= 0.3 is 11.9 Å². The molecule has 0 aliphatic rings. The molecule has 0 atom stereocenters. The molecule has 0 rings (SSSR count). The average molecular weight is 283 g/mol. The first-order valence-corrected chi connectivity index (χ1v) is 6.58. The van der Waals surface area contributed by atoms with Crippen LogP contribution < -0.4 is 0 Å². The van der Waals surface area contributed by atoms with Crippen LogP contribution in [0.4, 0.5) is 0 Å². The average Bonchev–Trinajstić information content (AvgIpc) is 2.40. The zero-order chi connectivity index (χ0) is 15.2. The van der Waals surface area contributed by atoms with Gasteiger partial charge in [0.25, 0.3) is 0 Å². The van der Waals surface area contributed by atoms with Gasteiger partial charge < -0.3 is 9.47 Å². The van der Waals surface area contributed by atoms with Crippen molar-refractivity contribution in [3.8, 4) is 6.19 Å².